The molecule has 0 rings (SSSR count). The highest BCUT2D eigenvalue weighted by atomic mass is 32.2. The van der Waals surface area contributed by atoms with E-state index in [2.05, 4.69) is 4.74 Å². The predicted octanol–water partition coefficient (Wildman–Crippen LogP) is 1.99. The number of hydrogen-bond acceptors (Lipinski definition) is 3. The van der Waals surface area contributed by atoms with Crippen LogP contribution < -0.4 is 5.73 Å². The molecule has 0 heterocycles. The molecule has 0 bridgehead atoms. The molecule has 0 aromatic rings. The lowest BCUT2D eigenvalue weighted by molar-refractivity contribution is -0.168. The summed E-state index contributed by atoms with van der Waals surface area (Å²) in [6, 6.07) is 0.0412. The Morgan fingerprint density at radius 1 is 1.46 bits per heavy atom. The summed E-state index contributed by atoms with van der Waals surface area (Å²) in [7, 11) is 0. The normalized spacial score (nSPS) is 14.5. The summed E-state index contributed by atoms with van der Waals surface area (Å²) < 4.78 is 39.0. The van der Waals surface area contributed by atoms with Gasteiger partial charge in [-0.15, -0.1) is 11.8 Å². The van der Waals surface area contributed by atoms with Crippen molar-refractivity contribution in [3.8, 4) is 0 Å². The summed E-state index contributed by atoms with van der Waals surface area (Å²) in [4.78, 5) is 0. The van der Waals surface area contributed by atoms with Crippen LogP contribution in [-0.4, -0.2) is 30.5 Å². The van der Waals surface area contributed by atoms with Gasteiger partial charge in [-0.2, -0.15) is 13.2 Å². The SMILES string of the molecule is CCC(N)CSCOCC(F)(F)F. The molecule has 0 spiro atoms. The minimum Gasteiger partial charge on any atom is -0.361 e. The Balaban J connectivity index is 3.18. The number of nitrogens with two attached hydrogens (primary N) is 1. The maximum absolute atomic E-state index is 11.5. The predicted molar refractivity (Wildman–Crippen MR) is 47.6 cm³/mol. The molecule has 0 amide bonds. The molecular weight excluding hydrogens is 203 g/mol. The Hall–Kier alpha value is 0.0600. The second kappa shape index (κ2) is 6.50. The van der Waals surface area contributed by atoms with Crippen LogP contribution >= 0.6 is 11.8 Å². The van der Waals surface area contributed by atoms with Crippen molar-refractivity contribution in [2.24, 2.45) is 5.73 Å². The van der Waals surface area contributed by atoms with Crippen LogP contribution in [0.25, 0.3) is 0 Å². The molecule has 0 fully saturated rings. The third-order valence-corrected chi connectivity index (χ3v) is 2.29. The fraction of sp³-hybridized carbons (Fsp3) is 1.00. The summed E-state index contributed by atoms with van der Waals surface area (Å²) >= 11 is 1.28. The standard InChI is InChI=1S/C7H14F3NOS/c1-2-6(11)3-13-5-12-4-7(8,9)10/h6H,2-5,11H2,1H3. The molecule has 0 saturated heterocycles. The maximum Gasteiger partial charge on any atom is 0.411 e. The van der Waals surface area contributed by atoms with Crippen molar-refractivity contribution in [1.29, 1.82) is 0 Å². The summed E-state index contributed by atoms with van der Waals surface area (Å²) in [6.07, 6.45) is -3.40. The van der Waals surface area contributed by atoms with E-state index in [1.807, 2.05) is 6.92 Å². The monoisotopic (exact) mass is 217 g/mol. The van der Waals surface area contributed by atoms with Crippen LogP contribution in [0, 0.1) is 0 Å². The molecule has 0 aliphatic rings. The number of ether oxygens (including phenoxy) is 1. The molecular formula is C7H14F3NOS. The third kappa shape index (κ3) is 9.98. The molecule has 1 atom stereocenters. The van der Waals surface area contributed by atoms with Gasteiger partial charge in [-0.25, -0.2) is 0 Å². The molecule has 0 aromatic carbocycles. The summed E-state index contributed by atoms with van der Waals surface area (Å²) in [5.41, 5.74) is 5.54. The zero-order chi connectivity index (χ0) is 10.3. The Morgan fingerprint density at radius 3 is 2.54 bits per heavy atom. The van der Waals surface area contributed by atoms with Crippen LogP contribution in [0.5, 0.6) is 0 Å². The Kier molecular flexibility index (Phi) is 6.53. The van der Waals surface area contributed by atoms with Crippen LogP contribution in [0.3, 0.4) is 0 Å². The van der Waals surface area contributed by atoms with Crippen molar-refractivity contribution < 1.29 is 17.9 Å². The summed E-state index contributed by atoms with van der Waals surface area (Å²) in [5, 5.41) is 0. The van der Waals surface area contributed by atoms with Crippen molar-refractivity contribution in [3.63, 3.8) is 0 Å². The largest absolute Gasteiger partial charge is 0.411 e. The fourth-order valence-electron chi connectivity index (χ4n) is 0.534. The van der Waals surface area contributed by atoms with E-state index in [1.54, 1.807) is 0 Å². The topological polar surface area (TPSA) is 35.2 Å². The Labute approximate surface area is 80.0 Å². The van der Waals surface area contributed by atoms with Gasteiger partial charge >= 0.3 is 6.18 Å². The second-order valence-electron chi connectivity index (χ2n) is 2.62. The van der Waals surface area contributed by atoms with Gasteiger partial charge in [0.05, 0.1) is 5.94 Å². The molecule has 6 heteroatoms. The molecule has 2 nitrogen and oxygen atoms in total. The zero-order valence-corrected chi connectivity index (χ0v) is 8.25. The van der Waals surface area contributed by atoms with E-state index in [0.29, 0.717) is 5.75 Å². The minimum atomic E-state index is -4.23. The van der Waals surface area contributed by atoms with Crippen LogP contribution in [0.2, 0.25) is 0 Å². The van der Waals surface area contributed by atoms with Gasteiger partial charge < -0.3 is 10.5 Å². The van der Waals surface area contributed by atoms with Gasteiger partial charge in [-0.3, -0.25) is 0 Å². The van der Waals surface area contributed by atoms with Crippen molar-refractivity contribution in [3.05, 3.63) is 0 Å². The highest BCUT2D eigenvalue weighted by Crippen LogP contribution is 2.15. The Morgan fingerprint density at radius 2 is 2.08 bits per heavy atom. The molecule has 0 saturated carbocycles. The lowest BCUT2D eigenvalue weighted by atomic mass is 10.3. The number of alkyl halides is 3. The minimum absolute atomic E-state index is 0.0412. The first-order valence-corrected chi connectivity index (χ1v) is 5.09. The fourth-order valence-corrected chi connectivity index (χ4v) is 1.37. The second-order valence-corrected chi connectivity index (χ2v) is 3.60. The highest BCUT2D eigenvalue weighted by Gasteiger charge is 2.27. The van der Waals surface area contributed by atoms with Crippen LogP contribution in [0.4, 0.5) is 13.2 Å². The molecule has 0 aliphatic carbocycles. The van der Waals surface area contributed by atoms with Gasteiger partial charge in [0.25, 0.3) is 0 Å². The van der Waals surface area contributed by atoms with Gasteiger partial charge in [0.1, 0.15) is 6.61 Å². The number of thioether (sulfide) groups is 1. The first kappa shape index (κ1) is 13.1. The molecule has 2 N–H and O–H groups in total. The molecule has 0 radical (unpaired) electrons. The molecule has 1 unspecified atom stereocenters. The number of halogens is 3. The highest BCUT2D eigenvalue weighted by molar-refractivity contribution is 7.99. The van der Waals surface area contributed by atoms with Crippen LogP contribution in [-0.2, 0) is 4.74 Å². The van der Waals surface area contributed by atoms with Crippen LogP contribution in [0.15, 0.2) is 0 Å². The van der Waals surface area contributed by atoms with E-state index in [9.17, 15) is 13.2 Å². The summed E-state index contributed by atoms with van der Waals surface area (Å²) in [6.45, 7) is 0.753. The van der Waals surface area contributed by atoms with E-state index in [4.69, 9.17) is 5.73 Å². The van der Waals surface area contributed by atoms with Crippen molar-refractivity contribution in [1.82, 2.24) is 0 Å². The lowest BCUT2D eigenvalue weighted by Crippen LogP contribution is -2.22. The van der Waals surface area contributed by atoms with Crippen molar-refractivity contribution >= 4 is 11.8 Å². The zero-order valence-electron chi connectivity index (χ0n) is 7.43. The molecule has 13 heavy (non-hydrogen) atoms. The van der Waals surface area contributed by atoms with Gasteiger partial charge in [-0.1, -0.05) is 6.92 Å². The van der Waals surface area contributed by atoms with E-state index in [0.717, 1.165) is 6.42 Å². The molecule has 80 valence electrons. The van der Waals surface area contributed by atoms with Gasteiger partial charge in [0.2, 0.25) is 0 Å². The van der Waals surface area contributed by atoms with Crippen molar-refractivity contribution in [2.45, 2.75) is 25.6 Å². The first-order chi connectivity index (χ1) is 5.95. The van der Waals surface area contributed by atoms with Gasteiger partial charge in [0.15, 0.2) is 0 Å². The van der Waals surface area contributed by atoms with Crippen molar-refractivity contribution in [2.75, 3.05) is 18.3 Å². The average Bonchev–Trinajstić information content (AvgIpc) is 2.01. The molecule has 0 aromatic heterocycles. The maximum atomic E-state index is 11.5. The average molecular weight is 217 g/mol. The van der Waals surface area contributed by atoms with Gasteiger partial charge in [-0.05, 0) is 6.42 Å². The first-order valence-electron chi connectivity index (χ1n) is 3.93. The number of hydrogen-bond donors (Lipinski definition) is 1. The van der Waals surface area contributed by atoms with Crippen LogP contribution in [0.1, 0.15) is 13.3 Å². The number of rotatable bonds is 6. The van der Waals surface area contributed by atoms with E-state index in [-0.39, 0.29) is 12.0 Å². The van der Waals surface area contributed by atoms with E-state index < -0.39 is 12.8 Å². The third-order valence-electron chi connectivity index (χ3n) is 1.29. The van der Waals surface area contributed by atoms with Gasteiger partial charge in [0, 0.05) is 11.8 Å². The van der Waals surface area contributed by atoms with E-state index in [1.165, 1.54) is 11.8 Å². The Bertz CT molecular complexity index is 131. The lowest BCUT2D eigenvalue weighted by Gasteiger charge is -2.09. The summed E-state index contributed by atoms with van der Waals surface area (Å²) in [5.74, 6) is 0.682. The quantitative estimate of drug-likeness (QED) is 0.546. The molecule has 0 aliphatic heterocycles. The smallest absolute Gasteiger partial charge is 0.361 e. The van der Waals surface area contributed by atoms with E-state index >= 15 is 0 Å².